The number of nitrogens with zero attached hydrogens (tertiary/aromatic N) is 4. The van der Waals surface area contributed by atoms with Gasteiger partial charge in [-0.3, -0.25) is 34.0 Å². The Labute approximate surface area is 279 Å². The first-order valence-corrected chi connectivity index (χ1v) is 16.4. The summed E-state index contributed by atoms with van der Waals surface area (Å²) in [5.74, 6) is -3.81. The van der Waals surface area contributed by atoms with E-state index in [1.54, 1.807) is 0 Å². The van der Waals surface area contributed by atoms with Crippen LogP contribution in [-0.4, -0.2) is 132 Å². The van der Waals surface area contributed by atoms with E-state index in [2.05, 4.69) is 31.3 Å². The second-order valence-corrected chi connectivity index (χ2v) is 12.2. The summed E-state index contributed by atoms with van der Waals surface area (Å²) in [6, 6.07) is -4.30. The number of nitrogens with two attached hydrogens (primary N) is 4. The monoisotopic (exact) mass is 678 g/mol. The quantitative estimate of drug-likeness (QED) is 0.0404. The fraction of sp³-hybridized carbons (Fsp3) is 0.724. The molecule has 0 aromatic carbocycles. The van der Waals surface area contributed by atoms with Crippen molar-refractivity contribution in [1.82, 2.24) is 31.1 Å². The number of carbonyl (C=O) groups is 6. The molecule has 48 heavy (non-hydrogen) atoms. The molecule has 3 saturated heterocycles. The summed E-state index contributed by atoms with van der Waals surface area (Å²) in [7, 11) is 0. The topological polar surface area (TPSA) is 306 Å². The number of carbonyl (C=O) groups excluding carboxylic acids is 5. The van der Waals surface area contributed by atoms with E-state index in [0.29, 0.717) is 51.5 Å². The van der Waals surface area contributed by atoms with Crippen molar-refractivity contribution in [2.24, 2.45) is 32.9 Å². The fourth-order valence-corrected chi connectivity index (χ4v) is 6.19. The number of nitrogens with one attached hydrogen (secondary N) is 4. The predicted octanol–water partition coefficient (Wildman–Crippen LogP) is -4.00. The molecule has 3 aliphatic heterocycles. The maximum atomic E-state index is 13.5. The highest BCUT2D eigenvalue weighted by Crippen LogP contribution is 2.21. The molecule has 13 N–H and O–H groups in total. The Kier molecular flexibility index (Phi) is 14.6. The Balaban J connectivity index is 1.62. The van der Waals surface area contributed by atoms with Gasteiger partial charge in [-0.2, -0.15) is 0 Å². The summed E-state index contributed by atoms with van der Waals surface area (Å²) < 4.78 is 0. The number of guanidine groups is 2. The van der Waals surface area contributed by atoms with E-state index in [9.17, 15) is 33.9 Å². The largest absolute Gasteiger partial charge is 0.480 e. The van der Waals surface area contributed by atoms with Gasteiger partial charge in [0.05, 0.1) is 12.6 Å². The fourth-order valence-electron chi connectivity index (χ4n) is 6.19. The normalized spacial score (nSPS) is 21.5. The van der Waals surface area contributed by atoms with Crippen LogP contribution in [0.4, 0.5) is 0 Å². The molecular formula is C29H50N12O7. The zero-order valence-electron chi connectivity index (χ0n) is 27.2. The molecule has 3 heterocycles. The summed E-state index contributed by atoms with van der Waals surface area (Å²) in [5, 5.41) is 20.8. The zero-order valence-corrected chi connectivity index (χ0v) is 27.2. The molecule has 0 radical (unpaired) electrons. The van der Waals surface area contributed by atoms with Crippen LogP contribution in [0, 0.1) is 0 Å². The molecule has 0 aromatic rings. The Morgan fingerprint density at radius 3 is 1.94 bits per heavy atom. The third-order valence-electron chi connectivity index (χ3n) is 8.63. The van der Waals surface area contributed by atoms with E-state index in [4.69, 9.17) is 22.9 Å². The molecule has 3 rings (SSSR count). The van der Waals surface area contributed by atoms with E-state index < -0.39 is 66.4 Å². The van der Waals surface area contributed by atoms with Crippen LogP contribution < -0.4 is 44.2 Å². The smallest absolute Gasteiger partial charge is 0.326 e. The van der Waals surface area contributed by atoms with Gasteiger partial charge in [-0.05, 0) is 70.8 Å². The van der Waals surface area contributed by atoms with Crippen molar-refractivity contribution in [1.29, 1.82) is 0 Å². The summed E-state index contributed by atoms with van der Waals surface area (Å²) in [6.45, 7) is 1.24. The number of hydrogen-bond donors (Lipinski definition) is 9. The van der Waals surface area contributed by atoms with Gasteiger partial charge in [0.25, 0.3) is 0 Å². The van der Waals surface area contributed by atoms with E-state index in [-0.39, 0.29) is 56.8 Å². The number of likely N-dealkylation sites (tertiary alicyclic amines) is 2. The highest BCUT2D eigenvalue weighted by Gasteiger charge is 2.40. The van der Waals surface area contributed by atoms with E-state index >= 15 is 0 Å². The second-order valence-electron chi connectivity index (χ2n) is 12.2. The molecule has 268 valence electrons. The average Bonchev–Trinajstić information content (AvgIpc) is 3.84. The summed E-state index contributed by atoms with van der Waals surface area (Å²) in [5.41, 5.74) is 21.5. The summed E-state index contributed by atoms with van der Waals surface area (Å²) in [6.07, 6.45) is 4.27. The Bertz CT molecular complexity index is 1230. The van der Waals surface area contributed by atoms with Crippen molar-refractivity contribution in [2.75, 3.05) is 39.3 Å². The van der Waals surface area contributed by atoms with Crippen LogP contribution in [0.1, 0.15) is 64.2 Å². The van der Waals surface area contributed by atoms with Gasteiger partial charge >= 0.3 is 5.97 Å². The molecule has 0 unspecified atom stereocenters. The van der Waals surface area contributed by atoms with Crippen LogP contribution in [0.15, 0.2) is 9.98 Å². The van der Waals surface area contributed by atoms with Crippen LogP contribution >= 0.6 is 0 Å². The van der Waals surface area contributed by atoms with Crippen molar-refractivity contribution in [3.63, 3.8) is 0 Å². The molecule has 0 aliphatic carbocycles. The van der Waals surface area contributed by atoms with Gasteiger partial charge in [0.2, 0.25) is 29.5 Å². The molecule has 0 aromatic heterocycles. The minimum Gasteiger partial charge on any atom is -0.480 e. The maximum absolute atomic E-state index is 13.5. The number of rotatable bonds is 17. The van der Waals surface area contributed by atoms with Crippen molar-refractivity contribution >= 4 is 47.4 Å². The number of carboxylic acid groups (broad SMARTS) is 1. The zero-order chi connectivity index (χ0) is 35.2. The van der Waals surface area contributed by atoms with Gasteiger partial charge in [-0.25, -0.2) is 4.79 Å². The molecule has 5 atom stereocenters. The van der Waals surface area contributed by atoms with Crippen molar-refractivity contribution in [3.8, 4) is 0 Å². The van der Waals surface area contributed by atoms with Crippen LogP contribution in [0.2, 0.25) is 0 Å². The Morgan fingerprint density at radius 1 is 0.771 bits per heavy atom. The number of carboxylic acids is 1. The summed E-state index contributed by atoms with van der Waals surface area (Å²) in [4.78, 5) is 88.3. The van der Waals surface area contributed by atoms with Gasteiger partial charge in [0, 0.05) is 26.2 Å². The van der Waals surface area contributed by atoms with Crippen molar-refractivity contribution < 1.29 is 33.9 Å². The number of aliphatic carboxylic acids is 1. The molecule has 19 heteroatoms. The van der Waals surface area contributed by atoms with Gasteiger partial charge in [0.1, 0.15) is 24.2 Å². The van der Waals surface area contributed by atoms with Gasteiger partial charge in [0.15, 0.2) is 11.9 Å². The lowest BCUT2D eigenvalue weighted by Gasteiger charge is -2.30. The Morgan fingerprint density at radius 2 is 1.35 bits per heavy atom. The summed E-state index contributed by atoms with van der Waals surface area (Å²) >= 11 is 0. The SMILES string of the molecule is NC(N)=NCCC[C@H](NC(=O)[C@@H]1CCCN1)C(=O)NCC(=O)N1CCC[C@H]1C(=O)N[C@@H](CCCN=C(N)N)C(=O)N1CCC[C@H]1C(=O)O. The Hall–Kier alpha value is -4.68. The molecule has 0 saturated carbocycles. The van der Waals surface area contributed by atoms with E-state index in [1.165, 1.54) is 9.80 Å². The average molecular weight is 679 g/mol. The number of hydrogen-bond acceptors (Lipinski definition) is 9. The molecule has 3 fully saturated rings. The minimum atomic E-state index is -1.12. The lowest BCUT2D eigenvalue weighted by Crippen LogP contribution is -2.56. The van der Waals surface area contributed by atoms with Gasteiger partial charge in [-0.15, -0.1) is 0 Å². The molecule has 19 nitrogen and oxygen atoms in total. The number of amides is 5. The van der Waals surface area contributed by atoms with Crippen LogP contribution in [0.3, 0.4) is 0 Å². The van der Waals surface area contributed by atoms with Crippen LogP contribution in [0.5, 0.6) is 0 Å². The molecule has 5 amide bonds. The first-order valence-electron chi connectivity index (χ1n) is 16.4. The second kappa shape index (κ2) is 18.6. The lowest BCUT2D eigenvalue weighted by molar-refractivity contribution is -0.149. The highest BCUT2D eigenvalue weighted by atomic mass is 16.4. The van der Waals surface area contributed by atoms with Gasteiger partial charge in [-0.1, -0.05) is 0 Å². The molecule has 3 aliphatic rings. The predicted molar refractivity (Wildman–Crippen MR) is 175 cm³/mol. The number of aliphatic imine (C=N–C) groups is 2. The highest BCUT2D eigenvalue weighted by molar-refractivity contribution is 5.95. The first kappa shape index (κ1) is 37.8. The van der Waals surface area contributed by atoms with Gasteiger partial charge < -0.3 is 59.1 Å². The third-order valence-corrected chi connectivity index (χ3v) is 8.63. The minimum absolute atomic E-state index is 0.0906. The first-order chi connectivity index (χ1) is 22.9. The van der Waals surface area contributed by atoms with Crippen LogP contribution in [0.25, 0.3) is 0 Å². The van der Waals surface area contributed by atoms with Crippen molar-refractivity contribution in [3.05, 3.63) is 0 Å². The van der Waals surface area contributed by atoms with E-state index in [1.807, 2.05) is 0 Å². The maximum Gasteiger partial charge on any atom is 0.326 e. The molecule has 0 bridgehead atoms. The van der Waals surface area contributed by atoms with Crippen molar-refractivity contribution in [2.45, 2.75) is 94.4 Å². The lowest BCUT2D eigenvalue weighted by atomic mass is 10.1. The standard InChI is InChI=1S/C29H50N12O7/c30-28(31)35-12-2-7-18(38-24(44)17-6-1-11-34-17)23(43)37-16-22(42)40-14-4-9-20(40)25(45)39-19(8-3-13-36-29(32)33)26(46)41-15-5-10-21(41)27(47)48/h17-21,34H,1-16H2,(H,37,43)(H,38,44)(H,39,45)(H,47,48)(H4,30,31,35)(H4,32,33,36)/t17-,18-,19-,20-,21-/m0/s1. The molecule has 0 spiro atoms. The third kappa shape index (κ3) is 11.2. The van der Waals surface area contributed by atoms with E-state index in [0.717, 1.165) is 6.42 Å². The van der Waals surface area contributed by atoms with Crippen LogP contribution in [-0.2, 0) is 28.8 Å². The molecular weight excluding hydrogens is 628 g/mol.